The molecule has 1 aromatic heterocycles. The molecule has 1 aromatic carbocycles. The predicted molar refractivity (Wildman–Crippen MR) is 125 cm³/mol. The highest BCUT2D eigenvalue weighted by atomic mass is 16.3. The zero-order chi connectivity index (χ0) is 22.7. The molecule has 1 amide bonds. The van der Waals surface area contributed by atoms with Gasteiger partial charge in [-0.1, -0.05) is 30.4 Å². The first-order chi connectivity index (χ1) is 15.4. The van der Waals surface area contributed by atoms with Crippen molar-refractivity contribution in [3.63, 3.8) is 0 Å². The number of nitrogens with one attached hydrogen (secondary N) is 2. The maximum Gasteiger partial charge on any atom is 0.247 e. The van der Waals surface area contributed by atoms with E-state index in [1.807, 2.05) is 29.2 Å². The van der Waals surface area contributed by atoms with Gasteiger partial charge in [-0.3, -0.25) is 15.0 Å². The molecular weight excluding hydrogens is 404 g/mol. The zero-order valence-electron chi connectivity index (χ0n) is 17.6. The lowest BCUT2D eigenvalue weighted by atomic mass is 9.92. The predicted octanol–water partition coefficient (Wildman–Crippen LogP) is 3.03. The fraction of sp³-hybridized carbons (Fsp3) is 0.240. The van der Waals surface area contributed by atoms with E-state index in [4.69, 9.17) is 11.1 Å². The first kappa shape index (κ1) is 21.4. The molecule has 7 heteroatoms. The van der Waals surface area contributed by atoms with Gasteiger partial charge in [-0.2, -0.15) is 0 Å². The molecule has 1 unspecified atom stereocenters. The van der Waals surface area contributed by atoms with Gasteiger partial charge in [0.2, 0.25) is 11.5 Å². The number of amidine groups is 1. The summed E-state index contributed by atoms with van der Waals surface area (Å²) in [6.45, 7) is 0.703. The van der Waals surface area contributed by atoms with E-state index in [-0.39, 0.29) is 35.0 Å². The number of benzene rings is 1. The lowest BCUT2D eigenvalue weighted by molar-refractivity contribution is -0.134. The van der Waals surface area contributed by atoms with Crippen molar-refractivity contribution in [1.29, 1.82) is 5.41 Å². The highest BCUT2D eigenvalue weighted by molar-refractivity contribution is 5.95. The van der Waals surface area contributed by atoms with Crippen molar-refractivity contribution in [2.75, 3.05) is 6.54 Å². The number of rotatable bonds is 5. The van der Waals surface area contributed by atoms with Gasteiger partial charge in [-0.25, -0.2) is 0 Å². The fourth-order valence-electron chi connectivity index (χ4n) is 4.16. The summed E-state index contributed by atoms with van der Waals surface area (Å²) in [4.78, 5) is 29.0. The quantitative estimate of drug-likeness (QED) is 0.430. The van der Waals surface area contributed by atoms with Crippen LogP contribution in [0.5, 0.6) is 5.75 Å². The van der Waals surface area contributed by atoms with Crippen molar-refractivity contribution in [1.82, 2.24) is 9.88 Å². The standard InChI is InChI=1S/C25H26N4O3/c26-24(27)19-8-11-22(30)18(14-19)7-10-21-2-1-13-29(21)25(32)17-5-3-16(4-6-17)20-9-12-23(31)28-15-20/h3-5,7-12,14-15,17,21,30H,1-2,6,13H2,(H3,26,27)(H,28,31)/b10-7+/t17?,21-/m1/s1. The van der Waals surface area contributed by atoms with Gasteiger partial charge in [0.25, 0.3) is 0 Å². The molecule has 5 N–H and O–H groups in total. The van der Waals surface area contributed by atoms with E-state index in [0.717, 1.165) is 24.0 Å². The second kappa shape index (κ2) is 9.09. The summed E-state index contributed by atoms with van der Waals surface area (Å²) in [6.07, 6.45) is 13.7. The second-order valence-corrected chi connectivity index (χ2v) is 8.09. The highest BCUT2D eigenvalue weighted by Gasteiger charge is 2.31. The molecule has 4 rings (SSSR count). The van der Waals surface area contributed by atoms with Gasteiger partial charge >= 0.3 is 0 Å². The van der Waals surface area contributed by atoms with Crippen LogP contribution in [0.2, 0.25) is 0 Å². The summed E-state index contributed by atoms with van der Waals surface area (Å²) in [5.74, 6) is -0.0789. The summed E-state index contributed by atoms with van der Waals surface area (Å²) in [5, 5.41) is 17.7. The molecule has 164 valence electrons. The number of aromatic amines is 1. The number of phenolic OH excluding ortho intramolecular Hbond substituents is 1. The van der Waals surface area contributed by atoms with E-state index in [0.29, 0.717) is 24.1 Å². The number of pyridine rings is 1. The molecule has 2 atom stereocenters. The molecule has 1 aliphatic heterocycles. The molecule has 2 aromatic rings. The Kier molecular flexibility index (Phi) is 6.07. The Morgan fingerprint density at radius 2 is 2.12 bits per heavy atom. The van der Waals surface area contributed by atoms with Crippen LogP contribution in [0.15, 0.2) is 65.6 Å². The molecule has 32 heavy (non-hydrogen) atoms. The van der Waals surface area contributed by atoms with Crippen LogP contribution < -0.4 is 11.3 Å². The van der Waals surface area contributed by atoms with Gasteiger partial charge < -0.3 is 20.7 Å². The van der Waals surface area contributed by atoms with Gasteiger partial charge in [0.05, 0.1) is 12.0 Å². The number of amides is 1. The van der Waals surface area contributed by atoms with Crippen LogP contribution in [0.3, 0.4) is 0 Å². The largest absolute Gasteiger partial charge is 0.507 e. The number of nitrogen functional groups attached to an aromatic ring is 1. The molecule has 2 aliphatic rings. The van der Waals surface area contributed by atoms with Crippen molar-refractivity contribution in [3.05, 3.63) is 87.9 Å². The minimum atomic E-state index is -0.218. The Morgan fingerprint density at radius 1 is 1.28 bits per heavy atom. The normalized spacial score (nSPS) is 20.5. The van der Waals surface area contributed by atoms with Gasteiger partial charge in [0, 0.05) is 29.9 Å². The third-order valence-electron chi connectivity index (χ3n) is 5.95. The molecule has 1 saturated heterocycles. The van der Waals surface area contributed by atoms with E-state index < -0.39 is 0 Å². The van der Waals surface area contributed by atoms with E-state index in [2.05, 4.69) is 4.98 Å². The van der Waals surface area contributed by atoms with Crippen molar-refractivity contribution in [2.45, 2.75) is 25.3 Å². The van der Waals surface area contributed by atoms with Gasteiger partial charge in [-0.05, 0) is 54.7 Å². The molecule has 2 heterocycles. The van der Waals surface area contributed by atoms with Gasteiger partial charge in [-0.15, -0.1) is 0 Å². The average Bonchev–Trinajstić information content (AvgIpc) is 3.27. The summed E-state index contributed by atoms with van der Waals surface area (Å²) >= 11 is 0. The maximum absolute atomic E-state index is 13.2. The van der Waals surface area contributed by atoms with E-state index in [1.165, 1.54) is 12.1 Å². The number of aromatic nitrogens is 1. The van der Waals surface area contributed by atoms with Crippen molar-refractivity contribution in [2.24, 2.45) is 11.7 Å². The lowest BCUT2D eigenvalue weighted by Gasteiger charge is -2.27. The number of hydrogen-bond donors (Lipinski definition) is 4. The topological polar surface area (TPSA) is 123 Å². The Hall–Kier alpha value is -3.87. The molecule has 0 spiro atoms. The number of carbonyl (C=O) groups is 1. The monoisotopic (exact) mass is 430 g/mol. The number of hydrogen-bond acceptors (Lipinski definition) is 4. The first-order valence-electron chi connectivity index (χ1n) is 10.7. The van der Waals surface area contributed by atoms with Crippen LogP contribution in [0.1, 0.15) is 36.0 Å². The van der Waals surface area contributed by atoms with Crippen LogP contribution in [0.4, 0.5) is 0 Å². The summed E-state index contributed by atoms with van der Waals surface area (Å²) < 4.78 is 0. The Morgan fingerprint density at radius 3 is 2.81 bits per heavy atom. The first-order valence-corrected chi connectivity index (χ1v) is 10.7. The minimum Gasteiger partial charge on any atom is -0.507 e. The number of H-pyrrole nitrogens is 1. The van der Waals surface area contributed by atoms with Crippen LogP contribution >= 0.6 is 0 Å². The van der Waals surface area contributed by atoms with E-state index in [9.17, 15) is 14.7 Å². The zero-order valence-corrected chi connectivity index (χ0v) is 17.6. The number of nitrogens with two attached hydrogens (primary N) is 1. The summed E-state index contributed by atoms with van der Waals surface area (Å²) in [6, 6.07) is 8.02. The molecule has 0 bridgehead atoms. The fourth-order valence-corrected chi connectivity index (χ4v) is 4.16. The summed E-state index contributed by atoms with van der Waals surface area (Å²) in [5.41, 5.74) is 8.43. The Labute approximate surface area is 186 Å². The Bertz CT molecular complexity index is 1170. The molecule has 7 nitrogen and oxygen atoms in total. The van der Waals surface area contributed by atoms with Crippen LogP contribution in [-0.4, -0.2) is 39.3 Å². The number of nitrogens with zero attached hydrogens (tertiary/aromatic N) is 1. The number of phenols is 1. The van der Waals surface area contributed by atoms with Crippen LogP contribution in [0, 0.1) is 11.3 Å². The van der Waals surface area contributed by atoms with Crippen molar-refractivity contribution >= 4 is 23.4 Å². The molecular formula is C25H26N4O3. The smallest absolute Gasteiger partial charge is 0.247 e. The number of allylic oxidation sites excluding steroid dienone is 3. The van der Waals surface area contributed by atoms with Gasteiger partial charge in [0.15, 0.2) is 0 Å². The molecule has 0 saturated carbocycles. The third kappa shape index (κ3) is 4.56. The van der Waals surface area contributed by atoms with Crippen molar-refractivity contribution in [3.8, 4) is 5.75 Å². The maximum atomic E-state index is 13.2. The molecule has 1 fully saturated rings. The SMILES string of the molecule is N=C(N)c1ccc(O)c(/C=C/[C@H]2CCCN2C(=O)C2C=CC(c3ccc(=O)[nH]c3)=CC2)c1. The number of likely N-dealkylation sites (tertiary alicyclic amines) is 1. The van der Waals surface area contributed by atoms with Crippen molar-refractivity contribution < 1.29 is 9.90 Å². The Balaban J connectivity index is 1.44. The number of carbonyl (C=O) groups excluding carboxylic acids is 1. The summed E-state index contributed by atoms with van der Waals surface area (Å²) in [7, 11) is 0. The van der Waals surface area contributed by atoms with Gasteiger partial charge in [0.1, 0.15) is 11.6 Å². The average molecular weight is 431 g/mol. The third-order valence-corrected chi connectivity index (χ3v) is 5.95. The van der Waals surface area contributed by atoms with Crippen LogP contribution in [0.25, 0.3) is 11.6 Å². The molecule has 0 radical (unpaired) electrons. The van der Waals surface area contributed by atoms with E-state index >= 15 is 0 Å². The number of aromatic hydroxyl groups is 1. The highest BCUT2D eigenvalue weighted by Crippen LogP contribution is 2.29. The second-order valence-electron chi connectivity index (χ2n) is 8.09. The van der Waals surface area contributed by atoms with Crippen LogP contribution in [-0.2, 0) is 4.79 Å². The minimum absolute atomic E-state index is 0.0409. The molecule has 1 aliphatic carbocycles. The lowest BCUT2D eigenvalue weighted by Crippen LogP contribution is -2.38. The van der Waals surface area contributed by atoms with E-state index in [1.54, 1.807) is 30.5 Å².